The Morgan fingerprint density at radius 1 is 1.25 bits per heavy atom. The van der Waals surface area contributed by atoms with Crippen LogP contribution in [0.4, 0.5) is 22.6 Å². The maximum absolute atomic E-state index is 13.3. The standard InChI is InChI=1S/C13H10F4N2S/c14-9-4-3-7(5-8(9)13(15,16)17)10-11(18)20-12(19-10)6-1-2-6/h3-6H,1-2,18H2. The first-order valence-electron chi connectivity index (χ1n) is 5.99. The number of benzene rings is 1. The second kappa shape index (κ2) is 4.44. The van der Waals surface area contributed by atoms with Crippen LogP contribution in [0.25, 0.3) is 11.3 Å². The van der Waals surface area contributed by atoms with Crippen LogP contribution < -0.4 is 5.73 Å². The molecule has 1 heterocycles. The Kier molecular flexibility index (Phi) is 2.97. The van der Waals surface area contributed by atoms with Crippen molar-refractivity contribution >= 4 is 16.3 Å². The number of nitrogen functional groups attached to an aromatic ring is 1. The van der Waals surface area contributed by atoms with E-state index in [1.165, 1.54) is 17.4 Å². The molecule has 2 nitrogen and oxygen atoms in total. The highest BCUT2D eigenvalue weighted by atomic mass is 32.1. The number of hydrogen-bond acceptors (Lipinski definition) is 3. The molecule has 0 aliphatic heterocycles. The van der Waals surface area contributed by atoms with Crippen LogP contribution in [-0.2, 0) is 6.18 Å². The van der Waals surface area contributed by atoms with E-state index < -0.39 is 17.6 Å². The van der Waals surface area contributed by atoms with Gasteiger partial charge in [-0.1, -0.05) is 0 Å². The van der Waals surface area contributed by atoms with E-state index in [0.29, 0.717) is 16.6 Å². The number of anilines is 1. The summed E-state index contributed by atoms with van der Waals surface area (Å²) in [6.45, 7) is 0. The zero-order valence-electron chi connectivity index (χ0n) is 10.2. The Labute approximate surface area is 116 Å². The summed E-state index contributed by atoms with van der Waals surface area (Å²) in [6.07, 6.45) is -2.67. The van der Waals surface area contributed by atoms with Gasteiger partial charge in [0.15, 0.2) is 0 Å². The van der Waals surface area contributed by atoms with Crippen molar-refractivity contribution in [3.63, 3.8) is 0 Å². The van der Waals surface area contributed by atoms with Crippen molar-refractivity contribution < 1.29 is 17.6 Å². The number of halogens is 4. The lowest BCUT2D eigenvalue weighted by molar-refractivity contribution is -0.139. The summed E-state index contributed by atoms with van der Waals surface area (Å²) in [4.78, 5) is 4.30. The molecule has 0 saturated heterocycles. The molecular formula is C13H10F4N2S. The molecule has 2 aromatic rings. The van der Waals surface area contributed by atoms with Gasteiger partial charge in [-0.05, 0) is 31.0 Å². The molecule has 1 aromatic carbocycles. The number of alkyl halides is 3. The first kappa shape index (κ1) is 13.4. The fraction of sp³-hybridized carbons (Fsp3) is 0.308. The molecule has 1 aromatic heterocycles. The number of hydrogen-bond donors (Lipinski definition) is 1. The molecule has 1 saturated carbocycles. The van der Waals surface area contributed by atoms with Crippen LogP contribution in [0.1, 0.15) is 29.3 Å². The highest BCUT2D eigenvalue weighted by molar-refractivity contribution is 7.16. The van der Waals surface area contributed by atoms with Gasteiger partial charge >= 0.3 is 6.18 Å². The first-order valence-corrected chi connectivity index (χ1v) is 6.81. The topological polar surface area (TPSA) is 38.9 Å². The lowest BCUT2D eigenvalue weighted by Gasteiger charge is -2.09. The summed E-state index contributed by atoms with van der Waals surface area (Å²) < 4.78 is 51.4. The van der Waals surface area contributed by atoms with E-state index in [1.807, 2.05) is 0 Å². The Morgan fingerprint density at radius 3 is 2.55 bits per heavy atom. The Morgan fingerprint density at radius 2 is 1.95 bits per heavy atom. The van der Waals surface area contributed by atoms with E-state index in [9.17, 15) is 17.6 Å². The van der Waals surface area contributed by atoms with Gasteiger partial charge in [0.25, 0.3) is 0 Å². The SMILES string of the molecule is Nc1sc(C2CC2)nc1-c1ccc(F)c(C(F)(F)F)c1. The summed E-state index contributed by atoms with van der Waals surface area (Å²) in [6, 6.07) is 2.83. The van der Waals surface area contributed by atoms with Gasteiger partial charge in [-0.15, -0.1) is 11.3 Å². The Hall–Kier alpha value is -1.63. The minimum absolute atomic E-state index is 0.194. The van der Waals surface area contributed by atoms with Gasteiger partial charge in [-0.3, -0.25) is 0 Å². The molecular weight excluding hydrogens is 292 g/mol. The molecule has 0 bridgehead atoms. The lowest BCUT2D eigenvalue weighted by Crippen LogP contribution is -2.08. The summed E-state index contributed by atoms with van der Waals surface area (Å²) in [5.41, 5.74) is 5.02. The minimum Gasteiger partial charge on any atom is -0.389 e. The average Bonchev–Trinajstić information content (AvgIpc) is 3.13. The van der Waals surface area contributed by atoms with Gasteiger partial charge in [-0.25, -0.2) is 9.37 Å². The van der Waals surface area contributed by atoms with Crippen LogP contribution in [0, 0.1) is 5.82 Å². The summed E-state index contributed by atoms with van der Waals surface area (Å²) in [5, 5.41) is 1.21. The quantitative estimate of drug-likeness (QED) is 0.834. The van der Waals surface area contributed by atoms with E-state index in [0.717, 1.165) is 30.0 Å². The van der Waals surface area contributed by atoms with Gasteiger partial charge in [0.1, 0.15) is 16.5 Å². The van der Waals surface area contributed by atoms with Crippen molar-refractivity contribution in [1.82, 2.24) is 4.98 Å². The van der Waals surface area contributed by atoms with Crippen molar-refractivity contribution in [3.8, 4) is 11.3 Å². The second-order valence-electron chi connectivity index (χ2n) is 4.73. The number of aromatic nitrogens is 1. The van der Waals surface area contributed by atoms with E-state index >= 15 is 0 Å². The van der Waals surface area contributed by atoms with Crippen LogP contribution in [0.5, 0.6) is 0 Å². The fourth-order valence-electron chi connectivity index (χ4n) is 1.95. The molecule has 0 spiro atoms. The summed E-state index contributed by atoms with van der Waals surface area (Å²) in [5.74, 6) is -0.920. The maximum Gasteiger partial charge on any atom is 0.419 e. The molecule has 106 valence electrons. The maximum atomic E-state index is 13.3. The van der Waals surface area contributed by atoms with Gasteiger partial charge in [0, 0.05) is 11.5 Å². The van der Waals surface area contributed by atoms with Crippen molar-refractivity contribution in [1.29, 1.82) is 0 Å². The van der Waals surface area contributed by atoms with Gasteiger partial charge in [0.2, 0.25) is 0 Å². The molecule has 0 atom stereocenters. The molecule has 0 amide bonds. The molecule has 1 aliphatic rings. The average molecular weight is 302 g/mol. The highest BCUT2D eigenvalue weighted by Gasteiger charge is 2.35. The zero-order valence-corrected chi connectivity index (χ0v) is 11.0. The normalized spacial score (nSPS) is 15.6. The van der Waals surface area contributed by atoms with Crippen molar-refractivity contribution in [3.05, 3.63) is 34.6 Å². The molecule has 0 radical (unpaired) electrons. The molecule has 20 heavy (non-hydrogen) atoms. The third kappa shape index (κ3) is 2.37. The summed E-state index contributed by atoms with van der Waals surface area (Å²) >= 11 is 1.29. The number of nitrogens with zero attached hydrogens (tertiary/aromatic N) is 1. The molecule has 7 heteroatoms. The van der Waals surface area contributed by atoms with Crippen LogP contribution in [0.3, 0.4) is 0 Å². The van der Waals surface area contributed by atoms with E-state index in [2.05, 4.69) is 4.98 Å². The smallest absolute Gasteiger partial charge is 0.389 e. The molecule has 1 aliphatic carbocycles. The van der Waals surface area contributed by atoms with Crippen LogP contribution in [0.15, 0.2) is 18.2 Å². The number of nitrogens with two attached hydrogens (primary N) is 1. The molecule has 1 fully saturated rings. The molecule has 3 rings (SSSR count). The second-order valence-corrected chi connectivity index (χ2v) is 5.79. The van der Waals surface area contributed by atoms with E-state index in [1.54, 1.807) is 0 Å². The molecule has 0 unspecified atom stereocenters. The number of rotatable bonds is 2. The van der Waals surface area contributed by atoms with Crippen LogP contribution in [-0.4, -0.2) is 4.98 Å². The Bertz CT molecular complexity index is 659. The van der Waals surface area contributed by atoms with Crippen molar-refractivity contribution in [2.24, 2.45) is 0 Å². The van der Waals surface area contributed by atoms with Crippen molar-refractivity contribution in [2.45, 2.75) is 24.9 Å². The predicted octanol–water partition coefficient (Wildman–Crippen LogP) is 4.43. The first-order chi connectivity index (χ1) is 9.36. The third-order valence-electron chi connectivity index (χ3n) is 3.14. The highest BCUT2D eigenvalue weighted by Crippen LogP contribution is 2.45. The number of thiazole rings is 1. The third-order valence-corrected chi connectivity index (χ3v) is 4.19. The van der Waals surface area contributed by atoms with E-state index in [4.69, 9.17) is 5.73 Å². The monoisotopic (exact) mass is 302 g/mol. The largest absolute Gasteiger partial charge is 0.419 e. The predicted molar refractivity (Wildman–Crippen MR) is 68.9 cm³/mol. The molecule has 2 N–H and O–H groups in total. The lowest BCUT2D eigenvalue weighted by atomic mass is 10.1. The van der Waals surface area contributed by atoms with E-state index in [-0.39, 0.29) is 5.56 Å². The van der Waals surface area contributed by atoms with Gasteiger partial charge < -0.3 is 5.73 Å². The Balaban J connectivity index is 2.06. The minimum atomic E-state index is -4.73. The van der Waals surface area contributed by atoms with Gasteiger partial charge in [0.05, 0.1) is 10.6 Å². The summed E-state index contributed by atoms with van der Waals surface area (Å²) in [7, 11) is 0. The van der Waals surface area contributed by atoms with Crippen LogP contribution >= 0.6 is 11.3 Å². The zero-order chi connectivity index (χ0) is 14.5. The van der Waals surface area contributed by atoms with Crippen LogP contribution in [0.2, 0.25) is 0 Å². The van der Waals surface area contributed by atoms with Crippen molar-refractivity contribution in [2.75, 3.05) is 5.73 Å². The fourth-order valence-corrected chi connectivity index (χ4v) is 2.98. The van der Waals surface area contributed by atoms with Gasteiger partial charge in [-0.2, -0.15) is 13.2 Å².